The maximum atomic E-state index is 13.6. The van der Waals surface area contributed by atoms with Gasteiger partial charge in [0.2, 0.25) is 5.91 Å². The van der Waals surface area contributed by atoms with Gasteiger partial charge >= 0.3 is 6.03 Å². The molecule has 2 aliphatic heterocycles. The monoisotopic (exact) mass is 471 g/mol. The van der Waals surface area contributed by atoms with Crippen LogP contribution in [0, 0.1) is 23.2 Å². The van der Waals surface area contributed by atoms with Crippen LogP contribution in [0.2, 0.25) is 0 Å². The minimum atomic E-state index is -0.841. The first-order valence-corrected chi connectivity index (χ1v) is 13.3. The van der Waals surface area contributed by atoms with E-state index in [0.717, 1.165) is 61.3 Å². The number of nitrogens with one attached hydrogen (secondary N) is 2. The van der Waals surface area contributed by atoms with Gasteiger partial charge in [-0.2, -0.15) is 5.01 Å². The molecule has 5 amide bonds. The Morgan fingerprint density at radius 1 is 0.882 bits per heavy atom. The molecule has 0 atom stereocenters. The number of amides is 5. The summed E-state index contributed by atoms with van der Waals surface area (Å²) < 4.78 is 0. The zero-order chi connectivity index (χ0) is 23.5. The maximum absolute atomic E-state index is 13.6. The highest BCUT2D eigenvalue weighted by Crippen LogP contribution is 2.60. The summed E-state index contributed by atoms with van der Waals surface area (Å²) in [6.07, 6.45) is 11.3. The van der Waals surface area contributed by atoms with Crippen LogP contribution in [0.4, 0.5) is 4.79 Å². The fraction of sp³-hybridized carbons (Fsp3) is 0.840. The molecule has 2 saturated heterocycles. The van der Waals surface area contributed by atoms with Gasteiger partial charge in [-0.05, 0) is 69.1 Å². The van der Waals surface area contributed by atoms with Gasteiger partial charge in [-0.25, -0.2) is 4.79 Å². The van der Waals surface area contributed by atoms with Crippen molar-refractivity contribution in [1.82, 2.24) is 25.6 Å². The molecule has 9 nitrogen and oxygen atoms in total. The van der Waals surface area contributed by atoms with Gasteiger partial charge in [0, 0.05) is 26.2 Å². The Labute approximate surface area is 200 Å². The van der Waals surface area contributed by atoms with Crippen molar-refractivity contribution in [3.05, 3.63) is 0 Å². The Hall–Kier alpha value is -2.16. The van der Waals surface area contributed by atoms with Crippen LogP contribution in [0.15, 0.2) is 0 Å². The number of carbonyl (C=O) groups is 4. The standard InChI is InChI=1S/C25H37N5O4/c31-20(27-30-22(33)25(26-23(30)34)4-2-1-3-5-25)16-28-6-8-29(9-7-28)21(32)24-13-17-10-18(14-24)12-19(11-17)15-24/h17-19H,1-16H2,(H,26,34)(H,27,31). The van der Waals surface area contributed by atoms with Crippen LogP contribution in [-0.4, -0.2) is 76.8 Å². The second-order valence-electron chi connectivity index (χ2n) is 12.0. The summed E-state index contributed by atoms with van der Waals surface area (Å²) in [5.74, 6) is 1.90. The van der Waals surface area contributed by atoms with Gasteiger partial charge in [-0.3, -0.25) is 24.7 Å². The van der Waals surface area contributed by atoms with Crippen molar-refractivity contribution < 1.29 is 19.2 Å². The van der Waals surface area contributed by atoms with Crippen LogP contribution >= 0.6 is 0 Å². The van der Waals surface area contributed by atoms with Gasteiger partial charge in [0.15, 0.2) is 0 Å². The molecular weight excluding hydrogens is 434 g/mol. The first-order chi connectivity index (χ1) is 16.4. The van der Waals surface area contributed by atoms with Crippen molar-refractivity contribution in [3.8, 4) is 0 Å². The molecule has 7 fully saturated rings. The summed E-state index contributed by atoms with van der Waals surface area (Å²) in [6.45, 7) is 2.66. The largest absolute Gasteiger partial charge is 0.344 e. The molecule has 7 rings (SSSR count). The first kappa shape index (κ1) is 22.3. The molecule has 186 valence electrons. The minimum absolute atomic E-state index is 0.115. The fourth-order valence-electron chi connectivity index (χ4n) is 8.40. The lowest BCUT2D eigenvalue weighted by atomic mass is 9.49. The number of piperazine rings is 1. The Balaban J connectivity index is 1.01. The van der Waals surface area contributed by atoms with Crippen molar-refractivity contribution in [2.75, 3.05) is 32.7 Å². The van der Waals surface area contributed by atoms with Gasteiger partial charge in [0.25, 0.3) is 11.8 Å². The highest BCUT2D eigenvalue weighted by atomic mass is 16.2. The molecule has 7 aliphatic rings. The molecule has 1 spiro atoms. The lowest BCUT2D eigenvalue weighted by Gasteiger charge is -2.57. The lowest BCUT2D eigenvalue weighted by Crippen LogP contribution is -2.59. The second kappa shape index (κ2) is 8.21. The molecule has 0 aromatic heterocycles. The number of hydrogen-bond acceptors (Lipinski definition) is 5. The number of hydrazine groups is 1. The molecule has 5 saturated carbocycles. The summed E-state index contributed by atoms with van der Waals surface area (Å²) in [7, 11) is 0. The number of carbonyl (C=O) groups excluding carboxylic acids is 4. The molecule has 0 aromatic rings. The highest BCUT2D eigenvalue weighted by molar-refractivity contribution is 6.08. The topological polar surface area (TPSA) is 102 Å². The summed E-state index contributed by atoms with van der Waals surface area (Å²) in [5.41, 5.74) is 1.57. The summed E-state index contributed by atoms with van der Waals surface area (Å²) in [4.78, 5) is 55.5. The van der Waals surface area contributed by atoms with Crippen LogP contribution in [0.1, 0.15) is 70.6 Å². The van der Waals surface area contributed by atoms with Gasteiger partial charge < -0.3 is 10.2 Å². The predicted octanol–water partition coefficient (Wildman–Crippen LogP) is 1.63. The Morgan fingerprint density at radius 2 is 1.47 bits per heavy atom. The van der Waals surface area contributed by atoms with Gasteiger partial charge in [0.05, 0.1) is 12.0 Å². The van der Waals surface area contributed by atoms with Crippen LogP contribution in [-0.2, 0) is 14.4 Å². The molecule has 0 radical (unpaired) electrons. The zero-order valence-corrected chi connectivity index (χ0v) is 20.0. The molecule has 5 aliphatic carbocycles. The van der Waals surface area contributed by atoms with E-state index in [1.54, 1.807) is 0 Å². The molecule has 9 heteroatoms. The van der Waals surface area contributed by atoms with Crippen molar-refractivity contribution in [2.45, 2.75) is 76.2 Å². The first-order valence-electron chi connectivity index (χ1n) is 13.3. The number of hydrogen-bond donors (Lipinski definition) is 2. The Morgan fingerprint density at radius 3 is 2.06 bits per heavy atom. The van der Waals surface area contributed by atoms with Crippen molar-refractivity contribution in [3.63, 3.8) is 0 Å². The van der Waals surface area contributed by atoms with Crippen LogP contribution in [0.3, 0.4) is 0 Å². The Bertz CT molecular complexity index is 854. The van der Waals surface area contributed by atoms with E-state index in [0.29, 0.717) is 44.9 Å². The van der Waals surface area contributed by atoms with E-state index in [4.69, 9.17) is 0 Å². The lowest BCUT2D eigenvalue weighted by molar-refractivity contribution is -0.159. The molecule has 2 heterocycles. The minimum Gasteiger partial charge on any atom is -0.340 e. The van der Waals surface area contributed by atoms with Crippen molar-refractivity contribution in [1.29, 1.82) is 0 Å². The third kappa shape index (κ3) is 3.71. The number of urea groups is 1. The number of imide groups is 1. The third-order valence-corrected chi connectivity index (χ3v) is 9.62. The molecule has 4 bridgehead atoms. The van der Waals surface area contributed by atoms with Crippen LogP contribution in [0.25, 0.3) is 0 Å². The van der Waals surface area contributed by atoms with E-state index in [1.807, 2.05) is 9.80 Å². The molecule has 0 unspecified atom stereocenters. The molecule has 34 heavy (non-hydrogen) atoms. The number of nitrogens with zero attached hydrogens (tertiary/aromatic N) is 3. The van der Waals surface area contributed by atoms with E-state index in [-0.39, 0.29) is 23.8 Å². The quantitative estimate of drug-likeness (QED) is 0.607. The smallest absolute Gasteiger partial charge is 0.340 e. The summed E-state index contributed by atoms with van der Waals surface area (Å²) >= 11 is 0. The predicted molar refractivity (Wildman–Crippen MR) is 123 cm³/mol. The summed E-state index contributed by atoms with van der Waals surface area (Å²) in [6, 6.07) is -0.536. The van der Waals surface area contributed by atoms with Crippen molar-refractivity contribution in [2.24, 2.45) is 23.2 Å². The average molecular weight is 472 g/mol. The second-order valence-corrected chi connectivity index (χ2v) is 12.0. The average Bonchev–Trinajstić information content (AvgIpc) is 3.02. The molecular formula is C25H37N5O4. The third-order valence-electron chi connectivity index (χ3n) is 9.62. The van der Waals surface area contributed by atoms with E-state index >= 15 is 0 Å². The highest BCUT2D eigenvalue weighted by Gasteiger charge is 2.56. The number of rotatable bonds is 4. The van der Waals surface area contributed by atoms with Gasteiger partial charge in [0.1, 0.15) is 5.54 Å². The summed E-state index contributed by atoms with van der Waals surface area (Å²) in [5, 5.41) is 3.69. The SMILES string of the molecule is O=C(CN1CCN(C(=O)C23CC4CC(CC(C4)C2)C3)CC1)NN1C(=O)NC2(CCCCC2)C1=O. The van der Waals surface area contributed by atoms with Crippen LogP contribution < -0.4 is 10.7 Å². The van der Waals surface area contributed by atoms with E-state index < -0.39 is 11.6 Å². The van der Waals surface area contributed by atoms with E-state index in [1.165, 1.54) is 19.3 Å². The zero-order valence-electron chi connectivity index (χ0n) is 20.0. The Kier molecular flexibility index (Phi) is 5.39. The molecule has 0 aromatic carbocycles. The molecule has 2 N–H and O–H groups in total. The van der Waals surface area contributed by atoms with E-state index in [9.17, 15) is 19.2 Å². The van der Waals surface area contributed by atoms with E-state index in [2.05, 4.69) is 10.7 Å². The normalized spacial score (nSPS) is 36.8. The maximum Gasteiger partial charge on any atom is 0.344 e. The van der Waals surface area contributed by atoms with Gasteiger partial charge in [-0.15, -0.1) is 0 Å². The fourth-order valence-corrected chi connectivity index (χ4v) is 8.40. The van der Waals surface area contributed by atoms with Gasteiger partial charge in [-0.1, -0.05) is 19.3 Å². The van der Waals surface area contributed by atoms with Crippen LogP contribution in [0.5, 0.6) is 0 Å². The van der Waals surface area contributed by atoms with Crippen molar-refractivity contribution >= 4 is 23.8 Å².